The smallest absolute Gasteiger partial charge is 0.191 e. The number of aryl methyl sites for hydroxylation is 1. The summed E-state index contributed by atoms with van der Waals surface area (Å²) >= 11 is 7.57. The second kappa shape index (κ2) is 6.54. The van der Waals surface area contributed by atoms with Crippen molar-refractivity contribution >= 4 is 29.0 Å². The number of rotatable bonds is 4. The molecule has 0 bridgehead atoms. The van der Waals surface area contributed by atoms with E-state index in [2.05, 4.69) is 45.0 Å². The van der Waals surface area contributed by atoms with E-state index in [4.69, 9.17) is 11.6 Å². The van der Waals surface area contributed by atoms with Gasteiger partial charge in [0.1, 0.15) is 5.65 Å². The first-order valence-corrected chi connectivity index (χ1v) is 9.19. The number of pyridine rings is 1. The number of hydrogen-bond donors (Lipinski definition) is 0. The Balaban J connectivity index is 1.53. The van der Waals surface area contributed by atoms with Gasteiger partial charge >= 0.3 is 0 Å². The molecule has 7 heteroatoms. The van der Waals surface area contributed by atoms with E-state index in [-0.39, 0.29) is 0 Å². The van der Waals surface area contributed by atoms with Gasteiger partial charge in [0.15, 0.2) is 11.0 Å². The van der Waals surface area contributed by atoms with Crippen LogP contribution >= 0.6 is 23.4 Å². The monoisotopic (exact) mass is 369 g/mol. The van der Waals surface area contributed by atoms with Crippen LogP contribution in [0.2, 0.25) is 5.02 Å². The molecule has 0 unspecified atom stereocenters. The number of fused-ring (bicyclic) bond motifs is 1. The Hall–Kier alpha value is -2.31. The number of hydrogen-bond acceptors (Lipinski definition) is 4. The summed E-state index contributed by atoms with van der Waals surface area (Å²) in [6.45, 7) is 2.08. The maximum atomic E-state index is 5.95. The van der Waals surface area contributed by atoms with Crippen molar-refractivity contribution in [2.75, 3.05) is 0 Å². The molecule has 4 aromatic rings. The molecule has 126 valence electrons. The lowest BCUT2D eigenvalue weighted by Crippen LogP contribution is -1.95. The summed E-state index contributed by atoms with van der Waals surface area (Å²) in [6, 6.07) is 11.7. The van der Waals surface area contributed by atoms with Crippen LogP contribution in [0.5, 0.6) is 0 Å². The molecule has 0 saturated carbocycles. The Labute approximate surface area is 154 Å². The molecule has 4 rings (SSSR count). The SMILES string of the molecule is Cc1ccc2nc(CSc3nnc(-c4ccc(Cl)cc4)n3C)cn2c1. The second-order valence-corrected chi connectivity index (χ2v) is 7.24. The first kappa shape index (κ1) is 16.2. The third-order valence-corrected chi connectivity index (χ3v) is 5.24. The number of nitrogens with zero attached hydrogens (tertiary/aromatic N) is 5. The zero-order chi connectivity index (χ0) is 17.4. The molecule has 0 N–H and O–H groups in total. The average Bonchev–Trinajstić information content (AvgIpc) is 3.16. The van der Waals surface area contributed by atoms with Gasteiger partial charge in [-0.15, -0.1) is 10.2 Å². The minimum absolute atomic E-state index is 0.711. The third kappa shape index (κ3) is 3.27. The topological polar surface area (TPSA) is 48.0 Å². The summed E-state index contributed by atoms with van der Waals surface area (Å²) < 4.78 is 4.05. The summed E-state index contributed by atoms with van der Waals surface area (Å²) in [6.07, 6.45) is 4.14. The summed E-state index contributed by atoms with van der Waals surface area (Å²) in [5.41, 5.74) is 4.19. The lowest BCUT2D eigenvalue weighted by molar-refractivity contribution is 0.793. The van der Waals surface area contributed by atoms with Gasteiger partial charge < -0.3 is 8.97 Å². The summed E-state index contributed by atoms with van der Waals surface area (Å²) in [7, 11) is 1.97. The standard InChI is InChI=1S/C18H16ClN5S/c1-12-3-8-16-20-15(10-24(16)9-12)11-25-18-22-21-17(23(18)2)13-4-6-14(19)7-5-13/h3-10H,11H2,1-2H3. The molecule has 0 amide bonds. The van der Waals surface area contributed by atoms with Crippen molar-refractivity contribution < 1.29 is 0 Å². The van der Waals surface area contributed by atoms with Crippen LogP contribution in [-0.4, -0.2) is 24.1 Å². The second-order valence-electron chi connectivity index (χ2n) is 5.86. The lowest BCUT2D eigenvalue weighted by atomic mass is 10.2. The van der Waals surface area contributed by atoms with Crippen molar-refractivity contribution in [2.45, 2.75) is 17.8 Å². The first-order chi connectivity index (χ1) is 12.1. The van der Waals surface area contributed by atoms with Gasteiger partial charge in [0, 0.05) is 35.8 Å². The van der Waals surface area contributed by atoms with Crippen LogP contribution in [0.3, 0.4) is 0 Å². The van der Waals surface area contributed by atoms with Crippen molar-refractivity contribution in [1.82, 2.24) is 24.1 Å². The highest BCUT2D eigenvalue weighted by molar-refractivity contribution is 7.98. The van der Waals surface area contributed by atoms with E-state index >= 15 is 0 Å². The molecular weight excluding hydrogens is 354 g/mol. The highest BCUT2D eigenvalue weighted by Gasteiger charge is 2.12. The number of thioether (sulfide) groups is 1. The molecule has 3 aromatic heterocycles. The number of aromatic nitrogens is 5. The minimum Gasteiger partial charge on any atom is -0.307 e. The Morgan fingerprint density at radius 3 is 2.64 bits per heavy atom. The van der Waals surface area contributed by atoms with Crippen molar-refractivity contribution in [3.63, 3.8) is 0 Å². The van der Waals surface area contributed by atoms with Crippen LogP contribution < -0.4 is 0 Å². The average molecular weight is 370 g/mol. The molecular formula is C18H16ClN5S. The summed E-state index contributed by atoms with van der Waals surface area (Å²) in [4.78, 5) is 4.64. The van der Waals surface area contributed by atoms with Gasteiger partial charge in [-0.25, -0.2) is 4.98 Å². The van der Waals surface area contributed by atoms with E-state index in [0.717, 1.165) is 33.6 Å². The molecule has 0 spiro atoms. The van der Waals surface area contributed by atoms with Crippen molar-refractivity contribution in [3.8, 4) is 11.4 Å². The van der Waals surface area contributed by atoms with Crippen LogP contribution in [-0.2, 0) is 12.8 Å². The molecule has 0 aliphatic carbocycles. The molecule has 0 atom stereocenters. The predicted octanol–water partition coefficient (Wildman–Crippen LogP) is 4.38. The maximum Gasteiger partial charge on any atom is 0.191 e. The lowest BCUT2D eigenvalue weighted by Gasteiger charge is -2.03. The fourth-order valence-corrected chi connectivity index (χ4v) is 3.58. The fraction of sp³-hybridized carbons (Fsp3) is 0.167. The molecule has 25 heavy (non-hydrogen) atoms. The van der Waals surface area contributed by atoms with Gasteiger partial charge in [-0.2, -0.15) is 0 Å². The Morgan fingerprint density at radius 2 is 1.84 bits per heavy atom. The van der Waals surface area contributed by atoms with Crippen LogP contribution in [0.15, 0.2) is 53.9 Å². The van der Waals surface area contributed by atoms with E-state index in [1.165, 1.54) is 5.56 Å². The fourth-order valence-electron chi connectivity index (χ4n) is 2.65. The van der Waals surface area contributed by atoms with Crippen molar-refractivity contribution in [3.05, 3.63) is 65.1 Å². The van der Waals surface area contributed by atoms with Gasteiger partial charge in [-0.3, -0.25) is 0 Å². The normalized spacial score (nSPS) is 11.3. The molecule has 5 nitrogen and oxygen atoms in total. The zero-order valence-electron chi connectivity index (χ0n) is 13.8. The van der Waals surface area contributed by atoms with Gasteiger partial charge in [-0.1, -0.05) is 29.4 Å². The third-order valence-electron chi connectivity index (χ3n) is 3.94. The van der Waals surface area contributed by atoms with Gasteiger partial charge in [0.05, 0.1) is 5.69 Å². The van der Waals surface area contributed by atoms with E-state index in [0.29, 0.717) is 5.02 Å². The maximum absolute atomic E-state index is 5.95. The molecule has 0 fully saturated rings. The van der Waals surface area contributed by atoms with E-state index in [1.807, 2.05) is 41.9 Å². The van der Waals surface area contributed by atoms with Crippen molar-refractivity contribution in [2.24, 2.45) is 7.05 Å². The molecule has 0 saturated heterocycles. The number of imidazole rings is 1. The predicted molar refractivity (Wildman–Crippen MR) is 101 cm³/mol. The highest BCUT2D eigenvalue weighted by Crippen LogP contribution is 2.26. The van der Waals surface area contributed by atoms with Gasteiger partial charge in [-0.05, 0) is 42.8 Å². The molecule has 3 heterocycles. The van der Waals surface area contributed by atoms with Crippen molar-refractivity contribution in [1.29, 1.82) is 0 Å². The van der Waals surface area contributed by atoms with Gasteiger partial charge in [0.25, 0.3) is 0 Å². The van der Waals surface area contributed by atoms with Crippen LogP contribution in [0, 0.1) is 6.92 Å². The minimum atomic E-state index is 0.711. The van der Waals surface area contributed by atoms with E-state index in [1.54, 1.807) is 11.8 Å². The number of halogens is 1. The largest absolute Gasteiger partial charge is 0.307 e. The zero-order valence-corrected chi connectivity index (χ0v) is 15.4. The Kier molecular flexibility index (Phi) is 4.23. The van der Waals surface area contributed by atoms with Crippen LogP contribution in [0.4, 0.5) is 0 Å². The Morgan fingerprint density at radius 1 is 1.04 bits per heavy atom. The molecule has 0 radical (unpaired) electrons. The molecule has 0 aliphatic rings. The van der Waals surface area contributed by atoms with E-state index in [9.17, 15) is 0 Å². The molecule has 0 aliphatic heterocycles. The summed E-state index contributed by atoms with van der Waals surface area (Å²) in [5.74, 6) is 1.57. The van der Waals surface area contributed by atoms with E-state index < -0.39 is 0 Å². The number of benzene rings is 1. The van der Waals surface area contributed by atoms with Gasteiger partial charge in [0.2, 0.25) is 0 Å². The van der Waals surface area contributed by atoms with Crippen LogP contribution in [0.1, 0.15) is 11.3 Å². The molecule has 1 aromatic carbocycles. The quantitative estimate of drug-likeness (QED) is 0.501. The van der Waals surface area contributed by atoms with Crippen LogP contribution in [0.25, 0.3) is 17.0 Å². The first-order valence-electron chi connectivity index (χ1n) is 7.82. The summed E-state index contributed by atoms with van der Waals surface area (Å²) in [5, 5.41) is 10.2. The Bertz CT molecular complexity index is 1040. The highest BCUT2D eigenvalue weighted by atomic mass is 35.5.